The molecule has 0 aliphatic rings. The Morgan fingerprint density at radius 1 is 0.818 bits per heavy atom. The molecule has 0 aliphatic carbocycles. The summed E-state index contributed by atoms with van der Waals surface area (Å²) < 4.78 is 10.9. The Bertz CT molecular complexity index is 666. The summed E-state index contributed by atoms with van der Waals surface area (Å²) in [5.41, 5.74) is 1.89. The minimum atomic E-state index is -3.18. The van der Waals surface area contributed by atoms with Gasteiger partial charge in [-0.1, -0.05) is 0 Å². The normalized spacial score (nSPS) is 11.6. The first-order valence-electron chi connectivity index (χ1n) is 6.96. The van der Waals surface area contributed by atoms with E-state index < -0.39 is 19.7 Å². The van der Waals surface area contributed by atoms with Crippen LogP contribution in [-0.4, -0.2) is 18.6 Å². The molecule has 0 spiro atoms. The summed E-state index contributed by atoms with van der Waals surface area (Å²) in [4.78, 5) is 23.0. The van der Waals surface area contributed by atoms with E-state index in [1.165, 1.54) is 13.8 Å². The summed E-state index contributed by atoms with van der Waals surface area (Å²) in [6.45, 7) is 4.34. The summed E-state index contributed by atoms with van der Waals surface area (Å²) in [5.74, 6) is -0.920. The van der Waals surface area contributed by atoms with Gasteiger partial charge in [0.05, 0.1) is 0 Å². The van der Waals surface area contributed by atoms with E-state index in [0.29, 0.717) is 0 Å². The zero-order valence-electron chi connectivity index (χ0n) is 12.8. The SMILES string of the molecule is CC(=O)O[PH](C)(OC(C)=O)c1ccccc1-c1ccccc1. The molecule has 0 bridgehead atoms. The van der Waals surface area contributed by atoms with Crippen molar-refractivity contribution in [1.29, 1.82) is 0 Å². The van der Waals surface area contributed by atoms with Crippen molar-refractivity contribution in [3.8, 4) is 11.1 Å². The fourth-order valence-corrected chi connectivity index (χ4v) is 4.90. The van der Waals surface area contributed by atoms with Crippen molar-refractivity contribution >= 4 is 25.0 Å². The molecule has 4 nitrogen and oxygen atoms in total. The van der Waals surface area contributed by atoms with Crippen LogP contribution >= 0.6 is 7.72 Å². The van der Waals surface area contributed by atoms with Gasteiger partial charge >= 0.3 is 130 Å². The Morgan fingerprint density at radius 3 is 1.86 bits per heavy atom. The molecule has 0 unspecified atom stereocenters. The molecule has 2 aromatic carbocycles. The molecular weight excluding hydrogens is 299 g/mol. The predicted molar refractivity (Wildman–Crippen MR) is 89.3 cm³/mol. The van der Waals surface area contributed by atoms with E-state index >= 15 is 0 Å². The molecular formula is C17H19O4P. The third-order valence-electron chi connectivity index (χ3n) is 3.18. The van der Waals surface area contributed by atoms with E-state index in [-0.39, 0.29) is 0 Å². The molecule has 0 amide bonds. The van der Waals surface area contributed by atoms with Gasteiger partial charge in [-0.3, -0.25) is 0 Å². The second kappa shape index (κ2) is 6.71. The van der Waals surface area contributed by atoms with Crippen LogP contribution in [0.4, 0.5) is 0 Å². The van der Waals surface area contributed by atoms with E-state index in [1.807, 2.05) is 54.6 Å². The standard InChI is InChI=1S/C17H19O4P/c1-13(18)20-22(3,21-14(2)19)17-12-8-7-11-16(17)15-9-5-4-6-10-15/h4-12,22H,1-3H3. The summed E-state index contributed by atoms with van der Waals surface area (Å²) in [5, 5.41) is 0.756. The van der Waals surface area contributed by atoms with E-state index in [9.17, 15) is 9.59 Å². The Kier molecular flexibility index (Phi) is 4.94. The van der Waals surface area contributed by atoms with Crippen LogP contribution in [0.2, 0.25) is 0 Å². The average Bonchev–Trinajstić information content (AvgIpc) is 2.46. The van der Waals surface area contributed by atoms with Gasteiger partial charge in [0.15, 0.2) is 0 Å². The summed E-state index contributed by atoms with van der Waals surface area (Å²) in [6.07, 6.45) is 0. The molecule has 2 rings (SSSR count). The molecule has 2 aromatic rings. The number of rotatable bonds is 4. The molecule has 0 aromatic heterocycles. The first-order chi connectivity index (χ1) is 10.4. The van der Waals surface area contributed by atoms with Crippen LogP contribution in [0.5, 0.6) is 0 Å². The van der Waals surface area contributed by atoms with Gasteiger partial charge in [-0.05, 0) is 0 Å². The summed E-state index contributed by atoms with van der Waals surface area (Å²) in [7, 11) is -3.18. The number of benzene rings is 2. The molecule has 0 N–H and O–H groups in total. The maximum atomic E-state index is 11.5. The van der Waals surface area contributed by atoms with Crippen LogP contribution in [0, 0.1) is 0 Å². The second-order valence-electron chi connectivity index (χ2n) is 5.04. The molecule has 5 heteroatoms. The van der Waals surface area contributed by atoms with Crippen molar-refractivity contribution in [2.75, 3.05) is 6.66 Å². The van der Waals surface area contributed by atoms with Crippen LogP contribution in [0.3, 0.4) is 0 Å². The number of carbonyl (C=O) groups excluding carboxylic acids is 2. The molecule has 22 heavy (non-hydrogen) atoms. The molecule has 116 valence electrons. The monoisotopic (exact) mass is 318 g/mol. The number of hydrogen-bond acceptors (Lipinski definition) is 4. The average molecular weight is 318 g/mol. The van der Waals surface area contributed by atoms with E-state index in [4.69, 9.17) is 9.05 Å². The van der Waals surface area contributed by atoms with E-state index in [1.54, 1.807) is 6.66 Å². The van der Waals surface area contributed by atoms with Crippen LogP contribution in [0.15, 0.2) is 54.6 Å². The molecule has 0 fully saturated rings. The topological polar surface area (TPSA) is 52.6 Å². The van der Waals surface area contributed by atoms with Crippen molar-refractivity contribution in [2.24, 2.45) is 0 Å². The van der Waals surface area contributed by atoms with Gasteiger partial charge in [-0.2, -0.15) is 0 Å². The summed E-state index contributed by atoms with van der Waals surface area (Å²) >= 11 is 0. The Morgan fingerprint density at radius 2 is 1.32 bits per heavy atom. The Labute approximate surface area is 130 Å². The minimum absolute atomic E-state index is 0.460. The van der Waals surface area contributed by atoms with Crippen molar-refractivity contribution in [1.82, 2.24) is 0 Å². The van der Waals surface area contributed by atoms with Gasteiger partial charge in [-0.25, -0.2) is 0 Å². The number of hydrogen-bond donors (Lipinski definition) is 0. The number of carbonyl (C=O) groups is 2. The van der Waals surface area contributed by atoms with Crippen molar-refractivity contribution in [3.63, 3.8) is 0 Å². The van der Waals surface area contributed by atoms with Gasteiger partial charge < -0.3 is 0 Å². The first-order valence-corrected chi connectivity index (χ1v) is 9.28. The van der Waals surface area contributed by atoms with Crippen molar-refractivity contribution in [2.45, 2.75) is 13.8 Å². The summed E-state index contributed by atoms with van der Waals surface area (Å²) in [6, 6.07) is 17.3. The van der Waals surface area contributed by atoms with Crippen molar-refractivity contribution < 1.29 is 18.6 Å². The van der Waals surface area contributed by atoms with Crippen LogP contribution < -0.4 is 5.30 Å². The van der Waals surface area contributed by atoms with Gasteiger partial charge in [-0.15, -0.1) is 0 Å². The quantitative estimate of drug-likeness (QED) is 0.812. The van der Waals surface area contributed by atoms with Gasteiger partial charge in [0.25, 0.3) is 0 Å². The van der Waals surface area contributed by atoms with E-state index in [0.717, 1.165) is 16.4 Å². The fourth-order valence-electron chi connectivity index (χ4n) is 2.43. The second-order valence-corrected chi connectivity index (χ2v) is 7.88. The maximum absolute atomic E-state index is 11.5. The molecule has 0 aliphatic heterocycles. The van der Waals surface area contributed by atoms with Gasteiger partial charge in [0, 0.05) is 0 Å². The zero-order chi connectivity index (χ0) is 16.2. The zero-order valence-corrected chi connectivity index (χ0v) is 13.8. The molecule has 0 saturated heterocycles. The Hall–Kier alpha value is -2.19. The van der Waals surface area contributed by atoms with Crippen LogP contribution in [0.1, 0.15) is 13.8 Å². The third kappa shape index (κ3) is 3.71. The fraction of sp³-hybridized carbons (Fsp3) is 0.176. The Balaban J connectivity index is 2.57. The molecule has 0 radical (unpaired) electrons. The van der Waals surface area contributed by atoms with Crippen LogP contribution in [-0.2, 0) is 18.6 Å². The first kappa shape index (κ1) is 16.2. The van der Waals surface area contributed by atoms with Gasteiger partial charge in [0.2, 0.25) is 0 Å². The predicted octanol–water partition coefficient (Wildman–Crippen LogP) is 3.31. The third-order valence-corrected chi connectivity index (χ3v) is 5.95. The van der Waals surface area contributed by atoms with E-state index in [2.05, 4.69) is 0 Å². The molecule has 0 heterocycles. The van der Waals surface area contributed by atoms with Crippen LogP contribution in [0.25, 0.3) is 11.1 Å². The molecule has 0 atom stereocenters. The van der Waals surface area contributed by atoms with Gasteiger partial charge in [0.1, 0.15) is 0 Å². The molecule has 0 saturated carbocycles. The van der Waals surface area contributed by atoms with Crippen molar-refractivity contribution in [3.05, 3.63) is 54.6 Å².